The molecule has 0 fully saturated rings. The van der Waals surface area contributed by atoms with E-state index in [1.807, 2.05) is 0 Å². The second kappa shape index (κ2) is 5.19. The monoisotopic (exact) mass is 263 g/mol. The lowest BCUT2D eigenvalue weighted by atomic mass is 10.2. The van der Waals surface area contributed by atoms with E-state index in [0.29, 0.717) is 10.7 Å². The molecule has 0 bridgehead atoms. The molecule has 2 aromatic rings. The van der Waals surface area contributed by atoms with Crippen molar-refractivity contribution in [2.75, 3.05) is 11.9 Å². The Hall–Kier alpha value is -1.87. The van der Waals surface area contributed by atoms with E-state index in [0.717, 1.165) is 0 Å². The predicted octanol–water partition coefficient (Wildman–Crippen LogP) is 3.76. The molecule has 0 N–H and O–H groups in total. The van der Waals surface area contributed by atoms with E-state index < -0.39 is 11.7 Å². The lowest BCUT2D eigenvalue weighted by molar-refractivity contribution is 0.0989. The van der Waals surface area contributed by atoms with Crippen LogP contribution in [0.5, 0.6) is 0 Å². The van der Waals surface area contributed by atoms with Crippen LogP contribution in [-0.2, 0) is 0 Å². The fourth-order valence-corrected chi connectivity index (χ4v) is 1.72. The van der Waals surface area contributed by atoms with Gasteiger partial charge in [-0.2, -0.15) is 0 Å². The molecule has 92 valence electrons. The topological polar surface area (TPSA) is 20.3 Å². The first-order chi connectivity index (χ1) is 8.59. The molecule has 0 saturated carbocycles. The van der Waals surface area contributed by atoms with E-state index in [1.54, 1.807) is 43.4 Å². The highest BCUT2D eigenvalue weighted by molar-refractivity contribution is 6.30. The average molecular weight is 264 g/mol. The first-order valence-electron chi connectivity index (χ1n) is 5.38. The second-order valence-corrected chi connectivity index (χ2v) is 4.26. The molecule has 0 saturated heterocycles. The van der Waals surface area contributed by atoms with E-state index in [2.05, 4.69) is 0 Å². The molecule has 0 atom stereocenters. The summed E-state index contributed by atoms with van der Waals surface area (Å²) in [5, 5.41) is 0.588. The van der Waals surface area contributed by atoms with Crippen LogP contribution in [0.2, 0.25) is 5.02 Å². The molecule has 2 aromatic carbocycles. The van der Waals surface area contributed by atoms with Gasteiger partial charge in [-0.1, -0.05) is 23.7 Å². The smallest absolute Gasteiger partial charge is 0.260 e. The molecule has 0 radical (unpaired) electrons. The number of carbonyl (C=O) groups is 1. The number of hydrogen-bond donors (Lipinski definition) is 0. The third-order valence-corrected chi connectivity index (χ3v) is 2.87. The molecule has 1 amide bonds. The maximum Gasteiger partial charge on any atom is 0.260 e. The van der Waals surface area contributed by atoms with Crippen molar-refractivity contribution in [2.45, 2.75) is 0 Å². The van der Waals surface area contributed by atoms with E-state index in [-0.39, 0.29) is 5.56 Å². The Labute approximate surface area is 110 Å². The number of carbonyl (C=O) groups excluding carboxylic acids is 1. The van der Waals surface area contributed by atoms with Gasteiger partial charge in [0.05, 0.1) is 5.56 Å². The zero-order valence-electron chi connectivity index (χ0n) is 9.73. The Bertz CT molecular complexity index is 568. The van der Waals surface area contributed by atoms with Gasteiger partial charge in [-0.15, -0.1) is 0 Å². The third-order valence-electron chi connectivity index (χ3n) is 2.62. The highest BCUT2D eigenvalue weighted by Gasteiger charge is 2.16. The minimum absolute atomic E-state index is 0.0509. The van der Waals surface area contributed by atoms with Gasteiger partial charge in [0.2, 0.25) is 0 Å². The van der Waals surface area contributed by atoms with Crippen LogP contribution in [0.1, 0.15) is 10.4 Å². The van der Waals surface area contributed by atoms with Gasteiger partial charge in [0.1, 0.15) is 5.82 Å². The summed E-state index contributed by atoms with van der Waals surface area (Å²) >= 11 is 5.77. The summed E-state index contributed by atoms with van der Waals surface area (Å²) < 4.78 is 13.5. The van der Waals surface area contributed by atoms with Gasteiger partial charge in [-0.05, 0) is 36.4 Å². The maximum atomic E-state index is 13.5. The van der Waals surface area contributed by atoms with Crippen molar-refractivity contribution in [1.82, 2.24) is 0 Å². The summed E-state index contributed by atoms with van der Waals surface area (Å²) in [6.07, 6.45) is 0. The van der Waals surface area contributed by atoms with Crippen LogP contribution < -0.4 is 4.90 Å². The van der Waals surface area contributed by atoms with Crippen molar-refractivity contribution >= 4 is 23.2 Å². The van der Waals surface area contributed by atoms with Gasteiger partial charge in [0.25, 0.3) is 5.91 Å². The van der Waals surface area contributed by atoms with Crippen molar-refractivity contribution in [2.24, 2.45) is 0 Å². The Morgan fingerprint density at radius 1 is 1.11 bits per heavy atom. The normalized spacial score (nSPS) is 10.2. The summed E-state index contributed by atoms with van der Waals surface area (Å²) in [5.74, 6) is -0.918. The number of nitrogens with zero attached hydrogens (tertiary/aromatic N) is 1. The van der Waals surface area contributed by atoms with E-state index in [1.165, 1.54) is 17.0 Å². The van der Waals surface area contributed by atoms with Gasteiger partial charge in [0.15, 0.2) is 0 Å². The molecule has 0 heterocycles. The first kappa shape index (κ1) is 12.6. The van der Waals surface area contributed by atoms with Crippen LogP contribution in [-0.4, -0.2) is 13.0 Å². The second-order valence-electron chi connectivity index (χ2n) is 3.82. The quantitative estimate of drug-likeness (QED) is 0.808. The SMILES string of the molecule is CN(C(=O)c1ccccc1F)c1ccc(Cl)cc1. The zero-order chi connectivity index (χ0) is 13.1. The lowest BCUT2D eigenvalue weighted by Crippen LogP contribution is -2.26. The Morgan fingerprint density at radius 2 is 1.72 bits per heavy atom. The number of hydrogen-bond acceptors (Lipinski definition) is 1. The fraction of sp³-hybridized carbons (Fsp3) is 0.0714. The molecule has 0 aliphatic rings. The number of halogens is 2. The number of benzene rings is 2. The lowest BCUT2D eigenvalue weighted by Gasteiger charge is -2.17. The molecule has 0 aliphatic carbocycles. The standard InChI is InChI=1S/C14H11ClFNO/c1-17(11-8-6-10(15)7-9-11)14(18)12-4-2-3-5-13(12)16/h2-9H,1H3. The zero-order valence-corrected chi connectivity index (χ0v) is 10.5. The molecular weight excluding hydrogens is 253 g/mol. The number of rotatable bonds is 2. The molecule has 0 spiro atoms. The van der Waals surface area contributed by atoms with Crippen LogP contribution in [0.4, 0.5) is 10.1 Å². The summed E-state index contributed by atoms with van der Waals surface area (Å²) in [5.41, 5.74) is 0.711. The molecule has 18 heavy (non-hydrogen) atoms. The van der Waals surface area contributed by atoms with Crippen molar-refractivity contribution in [3.05, 3.63) is 64.9 Å². The Balaban J connectivity index is 2.29. The van der Waals surface area contributed by atoms with Crippen molar-refractivity contribution in [3.63, 3.8) is 0 Å². The molecular formula is C14H11ClFNO. The van der Waals surface area contributed by atoms with Crippen molar-refractivity contribution in [3.8, 4) is 0 Å². The fourth-order valence-electron chi connectivity index (χ4n) is 1.60. The Morgan fingerprint density at radius 3 is 2.33 bits per heavy atom. The minimum Gasteiger partial charge on any atom is -0.311 e. The molecule has 2 nitrogen and oxygen atoms in total. The van der Waals surface area contributed by atoms with E-state index >= 15 is 0 Å². The van der Waals surface area contributed by atoms with Gasteiger partial charge >= 0.3 is 0 Å². The van der Waals surface area contributed by atoms with Crippen molar-refractivity contribution < 1.29 is 9.18 Å². The van der Waals surface area contributed by atoms with Crippen molar-refractivity contribution in [1.29, 1.82) is 0 Å². The predicted molar refractivity (Wildman–Crippen MR) is 70.6 cm³/mol. The van der Waals surface area contributed by atoms with E-state index in [9.17, 15) is 9.18 Å². The minimum atomic E-state index is -0.525. The molecule has 4 heteroatoms. The summed E-state index contributed by atoms with van der Waals surface area (Å²) in [7, 11) is 1.60. The van der Waals surface area contributed by atoms with Crippen LogP contribution >= 0.6 is 11.6 Å². The average Bonchev–Trinajstić information content (AvgIpc) is 2.38. The van der Waals surface area contributed by atoms with Crippen LogP contribution in [0.15, 0.2) is 48.5 Å². The highest BCUT2D eigenvalue weighted by Crippen LogP contribution is 2.19. The number of anilines is 1. The Kier molecular flexibility index (Phi) is 3.63. The number of amides is 1. The van der Waals surface area contributed by atoms with Crippen LogP contribution in [0, 0.1) is 5.82 Å². The molecule has 0 aromatic heterocycles. The van der Waals surface area contributed by atoms with Crippen LogP contribution in [0.3, 0.4) is 0 Å². The summed E-state index contributed by atoms with van der Waals surface area (Å²) in [6, 6.07) is 12.7. The van der Waals surface area contributed by atoms with E-state index in [4.69, 9.17) is 11.6 Å². The first-order valence-corrected chi connectivity index (χ1v) is 5.75. The highest BCUT2D eigenvalue weighted by atomic mass is 35.5. The largest absolute Gasteiger partial charge is 0.311 e. The van der Waals surface area contributed by atoms with Gasteiger partial charge < -0.3 is 4.90 Å². The summed E-state index contributed by atoms with van der Waals surface area (Å²) in [6.45, 7) is 0. The van der Waals surface area contributed by atoms with Gasteiger partial charge in [-0.3, -0.25) is 4.79 Å². The van der Waals surface area contributed by atoms with Gasteiger partial charge in [-0.25, -0.2) is 4.39 Å². The molecule has 0 aliphatic heterocycles. The van der Waals surface area contributed by atoms with Gasteiger partial charge in [0, 0.05) is 17.8 Å². The molecule has 0 unspecified atom stereocenters. The summed E-state index contributed by atoms with van der Waals surface area (Å²) in [4.78, 5) is 13.5. The third kappa shape index (κ3) is 2.51. The van der Waals surface area contributed by atoms with Crippen LogP contribution in [0.25, 0.3) is 0 Å². The maximum absolute atomic E-state index is 13.5. The molecule has 2 rings (SSSR count).